The van der Waals surface area contributed by atoms with Crippen LogP contribution in [0.15, 0.2) is 29.6 Å². The van der Waals surface area contributed by atoms with Gasteiger partial charge in [0, 0.05) is 5.02 Å². The van der Waals surface area contributed by atoms with Gasteiger partial charge in [0.1, 0.15) is 25.1 Å². The maximum Gasteiger partial charge on any atom is 0.155 e. The molecule has 0 heterocycles. The molecule has 0 aromatic heterocycles. The van der Waals surface area contributed by atoms with Gasteiger partial charge < -0.3 is 14.7 Å². The standard InChI is InChI=1S/C9H10ClNO4/c10-7-2-1-3-9(4-7)14-5-8(12)6-15-11-13/h1-4,8,12H,5-6H2. The third kappa shape index (κ3) is 4.62. The number of nitrogens with zero attached hydrogens (tertiary/aromatic N) is 1. The lowest BCUT2D eigenvalue weighted by molar-refractivity contribution is 0.0126. The molecule has 0 saturated carbocycles. The van der Waals surface area contributed by atoms with E-state index in [1.807, 2.05) is 0 Å². The molecule has 0 saturated heterocycles. The van der Waals surface area contributed by atoms with Gasteiger partial charge in [0.2, 0.25) is 0 Å². The molecule has 0 aliphatic rings. The van der Waals surface area contributed by atoms with Crippen LogP contribution in [0.4, 0.5) is 0 Å². The van der Waals surface area contributed by atoms with Crippen molar-refractivity contribution in [1.82, 2.24) is 0 Å². The summed E-state index contributed by atoms with van der Waals surface area (Å²) in [5, 5.41) is 11.9. The number of benzene rings is 1. The van der Waals surface area contributed by atoms with E-state index in [2.05, 4.69) is 10.2 Å². The van der Waals surface area contributed by atoms with Gasteiger partial charge in [-0.1, -0.05) is 17.7 Å². The smallest absolute Gasteiger partial charge is 0.155 e. The lowest BCUT2D eigenvalue weighted by Crippen LogP contribution is -2.22. The molecular formula is C9H10ClNO4. The Morgan fingerprint density at radius 3 is 2.93 bits per heavy atom. The molecule has 1 unspecified atom stereocenters. The van der Waals surface area contributed by atoms with Gasteiger partial charge in [-0.05, 0) is 18.2 Å². The molecule has 0 fully saturated rings. The van der Waals surface area contributed by atoms with Crippen LogP contribution in [-0.4, -0.2) is 24.4 Å². The van der Waals surface area contributed by atoms with Crippen molar-refractivity contribution in [2.24, 2.45) is 5.34 Å². The summed E-state index contributed by atoms with van der Waals surface area (Å²) in [7, 11) is 0. The zero-order valence-electron chi connectivity index (χ0n) is 7.80. The van der Waals surface area contributed by atoms with E-state index in [1.165, 1.54) is 0 Å². The van der Waals surface area contributed by atoms with Gasteiger partial charge in [-0.15, -0.1) is 4.91 Å². The van der Waals surface area contributed by atoms with Crippen molar-refractivity contribution >= 4 is 11.6 Å². The van der Waals surface area contributed by atoms with Gasteiger partial charge in [-0.3, -0.25) is 0 Å². The Hall–Kier alpha value is -1.33. The number of aliphatic hydroxyl groups is 1. The third-order valence-corrected chi connectivity index (χ3v) is 1.79. The maximum atomic E-state index is 9.59. The predicted octanol–water partition coefficient (Wildman–Crippen LogP) is 1.78. The summed E-state index contributed by atoms with van der Waals surface area (Å²) < 4.78 is 5.19. The van der Waals surface area contributed by atoms with Crippen LogP contribution >= 0.6 is 11.6 Å². The topological polar surface area (TPSA) is 68.1 Å². The third-order valence-electron chi connectivity index (χ3n) is 1.56. The van der Waals surface area contributed by atoms with Crippen molar-refractivity contribution in [2.75, 3.05) is 13.2 Å². The van der Waals surface area contributed by atoms with Crippen molar-refractivity contribution in [3.8, 4) is 5.75 Å². The Morgan fingerprint density at radius 2 is 2.27 bits per heavy atom. The summed E-state index contributed by atoms with van der Waals surface area (Å²) in [6.07, 6.45) is -0.901. The van der Waals surface area contributed by atoms with Gasteiger partial charge in [-0.25, -0.2) is 0 Å². The van der Waals surface area contributed by atoms with Crippen LogP contribution in [0.3, 0.4) is 0 Å². The number of halogens is 1. The highest BCUT2D eigenvalue weighted by atomic mass is 35.5. The van der Waals surface area contributed by atoms with Crippen molar-refractivity contribution in [1.29, 1.82) is 0 Å². The largest absolute Gasteiger partial charge is 0.491 e. The molecule has 1 aromatic rings. The molecule has 1 N–H and O–H groups in total. The van der Waals surface area contributed by atoms with E-state index in [0.717, 1.165) is 0 Å². The van der Waals surface area contributed by atoms with E-state index in [4.69, 9.17) is 16.3 Å². The van der Waals surface area contributed by atoms with Crippen molar-refractivity contribution in [3.05, 3.63) is 34.2 Å². The fourth-order valence-electron chi connectivity index (χ4n) is 0.914. The fraction of sp³-hybridized carbons (Fsp3) is 0.333. The van der Waals surface area contributed by atoms with Crippen LogP contribution in [0.5, 0.6) is 5.75 Å². The van der Waals surface area contributed by atoms with Crippen LogP contribution in [0, 0.1) is 4.91 Å². The van der Waals surface area contributed by atoms with Crippen LogP contribution in [0.25, 0.3) is 0 Å². The second kappa shape index (κ2) is 6.21. The monoisotopic (exact) mass is 231 g/mol. The van der Waals surface area contributed by atoms with Gasteiger partial charge in [0.05, 0.1) is 0 Å². The van der Waals surface area contributed by atoms with Gasteiger partial charge in [0.15, 0.2) is 5.34 Å². The molecule has 0 bridgehead atoms. The highest BCUT2D eigenvalue weighted by Crippen LogP contribution is 2.17. The first kappa shape index (κ1) is 11.7. The molecule has 1 aromatic carbocycles. The van der Waals surface area contributed by atoms with Crippen molar-refractivity contribution in [2.45, 2.75) is 6.10 Å². The minimum Gasteiger partial charge on any atom is -0.491 e. The van der Waals surface area contributed by atoms with E-state index >= 15 is 0 Å². The van der Waals surface area contributed by atoms with Crippen molar-refractivity contribution in [3.63, 3.8) is 0 Å². The molecular weight excluding hydrogens is 222 g/mol. The van der Waals surface area contributed by atoms with E-state index < -0.39 is 6.10 Å². The van der Waals surface area contributed by atoms with E-state index in [0.29, 0.717) is 10.8 Å². The first-order chi connectivity index (χ1) is 7.22. The Morgan fingerprint density at radius 1 is 1.47 bits per heavy atom. The molecule has 0 radical (unpaired) electrons. The summed E-state index contributed by atoms with van der Waals surface area (Å²) in [5.41, 5.74) is 0. The van der Waals surface area contributed by atoms with Crippen LogP contribution in [0.2, 0.25) is 5.02 Å². The highest BCUT2D eigenvalue weighted by molar-refractivity contribution is 6.30. The normalized spacial score (nSPS) is 11.9. The Labute approximate surface area is 91.5 Å². The molecule has 0 aliphatic carbocycles. The maximum absolute atomic E-state index is 9.59. The Balaban J connectivity index is 2.33. The number of hydrogen-bond acceptors (Lipinski definition) is 5. The molecule has 1 rings (SSSR count). The van der Waals surface area contributed by atoms with Gasteiger partial charge >= 0.3 is 0 Å². The second-order valence-corrected chi connectivity index (χ2v) is 3.23. The predicted molar refractivity (Wildman–Crippen MR) is 54.7 cm³/mol. The van der Waals surface area contributed by atoms with E-state index in [-0.39, 0.29) is 13.2 Å². The van der Waals surface area contributed by atoms with Crippen molar-refractivity contribution < 1.29 is 14.7 Å². The number of rotatable bonds is 6. The Bertz CT molecular complexity index is 321. The molecule has 0 amide bonds. The second-order valence-electron chi connectivity index (χ2n) is 2.79. The van der Waals surface area contributed by atoms with Crippen LogP contribution < -0.4 is 4.74 Å². The zero-order valence-corrected chi connectivity index (χ0v) is 8.55. The van der Waals surface area contributed by atoms with E-state index in [1.54, 1.807) is 24.3 Å². The molecule has 6 heteroatoms. The molecule has 82 valence electrons. The number of ether oxygens (including phenoxy) is 1. The minimum absolute atomic E-state index is 0.00978. The Kier molecular flexibility index (Phi) is 4.86. The molecule has 15 heavy (non-hydrogen) atoms. The molecule has 5 nitrogen and oxygen atoms in total. The zero-order chi connectivity index (χ0) is 11.1. The van der Waals surface area contributed by atoms with Crippen LogP contribution in [-0.2, 0) is 4.84 Å². The minimum atomic E-state index is -0.901. The number of aliphatic hydroxyl groups excluding tert-OH is 1. The highest BCUT2D eigenvalue weighted by Gasteiger charge is 2.06. The summed E-state index contributed by atoms with van der Waals surface area (Å²) in [6, 6.07) is 6.77. The van der Waals surface area contributed by atoms with Gasteiger partial charge in [-0.2, -0.15) is 0 Å². The average molecular weight is 232 g/mol. The quantitative estimate of drug-likeness (QED) is 0.599. The summed E-state index contributed by atoms with van der Waals surface area (Å²) in [6.45, 7) is -0.181. The number of hydrogen-bond donors (Lipinski definition) is 1. The van der Waals surface area contributed by atoms with E-state index in [9.17, 15) is 10.0 Å². The molecule has 0 spiro atoms. The first-order valence-corrected chi connectivity index (χ1v) is 4.61. The molecule has 1 atom stereocenters. The lowest BCUT2D eigenvalue weighted by atomic mass is 10.3. The van der Waals surface area contributed by atoms with Gasteiger partial charge in [0.25, 0.3) is 0 Å². The molecule has 0 aliphatic heterocycles. The SMILES string of the molecule is O=NOCC(O)COc1cccc(Cl)c1. The fourth-order valence-corrected chi connectivity index (χ4v) is 1.09. The summed E-state index contributed by atoms with van der Waals surface area (Å²) >= 11 is 5.72. The first-order valence-electron chi connectivity index (χ1n) is 4.23. The summed E-state index contributed by atoms with van der Waals surface area (Å²) in [5.74, 6) is 0.542. The summed E-state index contributed by atoms with van der Waals surface area (Å²) in [4.78, 5) is 13.7. The average Bonchev–Trinajstić information content (AvgIpc) is 2.23. The van der Waals surface area contributed by atoms with Crippen LogP contribution in [0.1, 0.15) is 0 Å². The lowest BCUT2D eigenvalue weighted by Gasteiger charge is -2.10.